The van der Waals surface area contributed by atoms with Crippen molar-refractivity contribution in [3.63, 3.8) is 0 Å². The van der Waals surface area contributed by atoms with Crippen LogP contribution in [0.25, 0.3) is 0 Å². The van der Waals surface area contributed by atoms with E-state index in [9.17, 15) is 35.2 Å². The molecule has 9 nitrogen and oxygen atoms in total. The molecule has 49 heavy (non-hydrogen) atoms. The second kappa shape index (κ2) is 16.7. The zero-order valence-electron chi connectivity index (χ0n) is 27.3. The molecule has 3 atom stereocenters. The number of rotatable bonds is 16. The van der Waals surface area contributed by atoms with Gasteiger partial charge in [-0.15, -0.1) is 0 Å². The number of alkyl halides is 5. The molecule has 0 spiro atoms. The van der Waals surface area contributed by atoms with Gasteiger partial charge in [0.25, 0.3) is 5.91 Å². The van der Waals surface area contributed by atoms with Gasteiger partial charge in [0.2, 0.25) is 0 Å². The van der Waals surface area contributed by atoms with E-state index in [2.05, 4.69) is 10.1 Å². The van der Waals surface area contributed by atoms with E-state index in [-0.39, 0.29) is 42.6 Å². The molecule has 268 valence electrons. The molecule has 0 saturated carbocycles. The summed E-state index contributed by atoms with van der Waals surface area (Å²) in [5, 5.41) is 2.95. The second-order valence-corrected chi connectivity index (χ2v) is 14.1. The summed E-state index contributed by atoms with van der Waals surface area (Å²) in [7, 11) is 0.405. The largest absolute Gasteiger partial charge is 0.489 e. The molecule has 15 heteroatoms. The fraction of sp³-hybridized carbons (Fsp3) is 0.441. The highest BCUT2D eigenvalue weighted by atomic mass is 32.2. The smallest absolute Gasteiger partial charge is 0.416 e. The Labute approximate surface area is 282 Å². The lowest BCUT2D eigenvalue weighted by Gasteiger charge is -2.26. The summed E-state index contributed by atoms with van der Waals surface area (Å²) in [6.45, 7) is -0.308. The van der Waals surface area contributed by atoms with Crippen molar-refractivity contribution in [2.45, 2.75) is 49.2 Å². The molecule has 0 radical (unpaired) electrons. The standard InChI is InChI=1S/C34H40F5N3O6S/c1-4-49(44,45)30-15-7-23(8-16-30)31(22-46-18-17-41(2)3)40-32(43)24-5-11-26(12-6-24)42-20-29(19-27(42)21-47-33(35)36)48-28-13-9-25(10-14-28)34(37,38)39/h5-16,27,29,31,33H,4,17-22H2,1-3H3,(H,40,43)/t27-,29-,31?/m0/s1. The number of carbonyl (C=O) groups is 1. The van der Waals surface area contributed by atoms with Crippen molar-refractivity contribution in [1.82, 2.24) is 10.2 Å². The van der Waals surface area contributed by atoms with Crippen LogP contribution >= 0.6 is 0 Å². The van der Waals surface area contributed by atoms with Crippen LogP contribution in [-0.4, -0.2) is 90.7 Å². The van der Waals surface area contributed by atoms with Crippen LogP contribution < -0.4 is 15.0 Å². The van der Waals surface area contributed by atoms with Gasteiger partial charge >= 0.3 is 12.8 Å². The molecule has 4 rings (SSSR count). The minimum atomic E-state index is -4.49. The van der Waals surface area contributed by atoms with Crippen molar-refractivity contribution in [3.05, 3.63) is 89.5 Å². The molecule has 1 saturated heterocycles. The summed E-state index contributed by atoms with van der Waals surface area (Å²) in [5.74, 6) is -0.247. The van der Waals surface area contributed by atoms with E-state index >= 15 is 0 Å². The molecular weight excluding hydrogens is 673 g/mol. The highest BCUT2D eigenvalue weighted by molar-refractivity contribution is 7.91. The van der Waals surface area contributed by atoms with Crippen LogP contribution in [0.1, 0.15) is 40.9 Å². The van der Waals surface area contributed by atoms with Crippen LogP contribution in [0.5, 0.6) is 5.75 Å². The Morgan fingerprint density at radius 2 is 1.65 bits per heavy atom. The maximum Gasteiger partial charge on any atom is 0.416 e. The summed E-state index contributed by atoms with van der Waals surface area (Å²) in [6, 6.07) is 15.9. The molecule has 0 aliphatic carbocycles. The Morgan fingerprint density at radius 3 is 2.22 bits per heavy atom. The Balaban J connectivity index is 1.47. The number of sulfone groups is 1. The fourth-order valence-corrected chi connectivity index (χ4v) is 6.21. The predicted molar refractivity (Wildman–Crippen MR) is 174 cm³/mol. The first kappa shape index (κ1) is 38.0. The molecular formula is C34H40F5N3O6S. The number of halogens is 5. The van der Waals surface area contributed by atoms with Crippen LogP contribution in [0.3, 0.4) is 0 Å². The minimum Gasteiger partial charge on any atom is -0.489 e. The van der Waals surface area contributed by atoms with Crippen molar-refractivity contribution in [3.8, 4) is 5.75 Å². The monoisotopic (exact) mass is 713 g/mol. The topological polar surface area (TPSA) is 97.4 Å². The number of hydrogen-bond donors (Lipinski definition) is 1. The van der Waals surface area contributed by atoms with Gasteiger partial charge in [-0.1, -0.05) is 19.1 Å². The highest BCUT2D eigenvalue weighted by Crippen LogP contribution is 2.33. The van der Waals surface area contributed by atoms with E-state index in [1.54, 1.807) is 48.2 Å². The first-order chi connectivity index (χ1) is 23.2. The number of ether oxygens (including phenoxy) is 3. The third-order valence-electron chi connectivity index (χ3n) is 8.03. The molecule has 0 bridgehead atoms. The number of carbonyl (C=O) groups excluding carboxylic acids is 1. The van der Waals surface area contributed by atoms with Crippen molar-refractivity contribution >= 4 is 21.4 Å². The van der Waals surface area contributed by atoms with Gasteiger partial charge in [-0.3, -0.25) is 4.79 Å². The van der Waals surface area contributed by atoms with Crippen LogP contribution in [0.15, 0.2) is 77.7 Å². The number of hydrogen-bond acceptors (Lipinski definition) is 8. The molecule has 1 unspecified atom stereocenters. The normalized spacial score (nSPS) is 17.5. The summed E-state index contributed by atoms with van der Waals surface area (Å²) < 4.78 is 106. The lowest BCUT2D eigenvalue weighted by molar-refractivity contribution is -0.137. The zero-order valence-corrected chi connectivity index (χ0v) is 28.1. The molecule has 1 N–H and O–H groups in total. The van der Waals surface area contributed by atoms with Crippen LogP contribution in [0.2, 0.25) is 0 Å². The van der Waals surface area contributed by atoms with Gasteiger partial charge in [-0.25, -0.2) is 8.42 Å². The first-order valence-corrected chi connectivity index (χ1v) is 17.3. The SMILES string of the molecule is CCS(=O)(=O)c1ccc(C(COCCN(C)C)NC(=O)c2ccc(N3C[C@@H](Oc4ccc(C(F)(F)F)cc4)C[C@H]3COC(F)F)cc2)cc1. The summed E-state index contributed by atoms with van der Waals surface area (Å²) in [5.41, 5.74) is 0.755. The predicted octanol–water partition coefficient (Wildman–Crippen LogP) is 5.81. The number of likely N-dealkylation sites (N-methyl/N-ethyl adjacent to an activating group) is 1. The van der Waals surface area contributed by atoms with Crippen molar-refractivity contribution < 1.29 is 49.4 Å². The van der Waals surface area contributed by atoms with Gasteiger partial charge in [-0.2, -0.15) is 22.0 Å². The lowest BCUT2D eigenvalue weighted by atomic mass is 10.1. The maximum atomic E-state index is 13.4. The van der Waals surface area contributed by atoms with Gasteiger partial charge in [-0.05, 0) is 80.3 Å². The average molecular weight is 714 g/mol. The average Bonchev–Trinajstić information content (AvgIpc) is 3.47. The van der Waals surface area contributed by atoms with Crippen molar-refractivity contribution in [1.29, 1.82) is 0 Å². The molecule has 1 aliphatic heterocycles. The number of anilines is 1. The van der Waals surface area contributed by atoms with Gasteiger partial charge in [0, 0.05) is 24.2 Å². The van der Waals surface area contributed by atoms with E-state index in [4.69, 9.17) is 9.47 Å². The summed E-state index contributed by atoms with van der Waals surface area (Å²) in [4.78, 5) is 17.3. The van der Waals surface area contributed by atoms with Gasteiger partial charge in [0.1, 0.15) is 11.9 Å². The Morgan fingerprint density at radius 1 is 1.00 bits per heavy atom. The third-order valence-corrected chi connectivity index (χ3v) is 9.78. The quantitative estimate of drug-likeness (QED) is 0.147. The molecule has 3 aromatic carbocycles. The van der Waals surface area contributed by atoms with Gasteiger partial charge < -0.3 is 29.3 Å². The van der Waals surface area contributed by atoms with E-state index in [1.165, 1.54) is 24.3 Å². The highest BCUT2D eigenvalue weighted by Gasteiger charge is 2.35. The van der Waals surface area contributed by atoms with Gasteiger partial charge in [0.05, 0.1) is 54.7 Å². The number of benzene rings is 3. The zero-order chi connectivity index (χ0) is 35.8. The molecule has 1 heterocycles. The van der Waals surface area contributed by atoms with E-state index in [0.29, 0.717) is 30.0 Å². The number of amides is 1. The minimum absolute atomic E-state index is 0.0413. The maximum absolute atomic E-state index is 13.4. The van der Waals surface area contributed by atoms with Crippen LogP contribution in [-0.2, 0) is 25.5 Å². The van der Waals surface area contributed by atoms with E-state index < -0.39 is 52.3 Å². The Bertz CT molecular complexity index is 1610. The third kappa shape index (κ3) is 10.8. The van der Waals surface area contributed by atoms with Crippen LogP contribution in [0.4, 0.5) is 27.6 Å². The summed E-state index contributed by atoms with van der Waals surface area (Å²) >= 11 is 0. The van der Waals surface area contributed by atoms with Crippen molar-refractivity contribution in [2.75, 3.05) is 57.7 Å². The van der Waals surface area contributed by atoms with Gasteiger partial charge in [0.15, 0.2) is 9.84 Å². The Hall–Kier alpha value is -3.79. The molecule has 3 aromatic rings. The number of nitrogens with one attached hydrogen (secondary N) is 1. The molecule has 1 aliphatic rings. The molecule has 1 amide bonds. The first-order valence-electron chi connectivity index (χ1n) is 15.6. The van der Waals surface area contributed by atoms with Crippen molar-refractivity contribution in [2.24, 2.45) is 0 Å². The van der Waals surface area contributed by atoms with E-state index in [0.717, 1.165) is 12.1 Å². The molecule has 1 fully saturated rings. The Kier molecular flexibility index (Phi) is 13.0. The lowest BCUT2D eigenvalue weighted by Crippen LogP contribution is -2.34. The van der Waals surface area contributed by atoms with Crippen LogP contribution in [0, 0.1) is 0 Å². The number of nitrogens with zero attached hydrogens (tertiary/aromatic N) is 2. The second-order valence-electron chi connectivity index (χ2n) is 11.8. The van der Waals surface area contributed by atoms with E-state index in [1.807, 2.05) is 19.0 Å². The fourth-order valence-electron chi connectivity index (χ4n) is 5.32. The molecule has 0 aromatic heterocycles. The summed E-state index contributed by atoms with van der Waals surface area (Å²) in [6.07, 6.45) is -4.75.